The van der Waals surface area contributed by atoms with Gasteiger partial charge in [-0.05, 0) is 26.1 Å². The summed E-state index contributed by atoms with van der Waals surface area (Å²) in [5, 5.41) is 12.0. The van der Waals surface area contributed by atoms with Crippen LogP contribution in [0.25, 0.3) is 0 Å². The summed E-state index contributed by atoms with van der Waals surface area (Å²) in [6.45, 7) is 4.14. The van der Waals surface area contributed by atoms with E-state index in [0.717, 1.165) is 23.8 Å². The van der Waals surface area contributed by atoms with Crippen LogP contribution in [0, 0.1) is 18.3 Å². The van der Waals surface area contributed by atoms with Crippen molar-refractivity contribution in [3.05, 3.63) is 39.8 Å². The number of benzene rings is 1. The molecule has 2 aromatic rings. The van der Waals surface area contributed by atoms with Gasteiger partial charge in [-0.2, -0.15) is 5.26 Å². The quantitative estimate of drug-likeness (QED) is 0.786. The number of aryl methyl sites for hydroxylation is 1. The van der Waals surface area contributed by atoms with Crippen molar-refractivity contribution in [2.24, 2.45) is 0 Å². The summed E-state index contributed by atoms with van der Waals surface area (Å²) in [6, 6.07) is 7.25. The highest BCUT2D eigenvalue weighted by atomic mass is 32.1. The molecule has 1 aromatic heterocycles. The molecule has 0 radical (unpaired) electrons. The summed E-state index contributed by atoms with van der Waals surface area (Å²) < 4.78 is 11.0. The second-order valence-electron chi connectivity index (χ2n) is 4.95. The van der Waals surface area contributed by atoms with Crippen LogP contribution >= 0.6 is 11.3 Å². The average molecular weight is 317 g/mol. The minimum absolute atomic E-state index is 0.545. The lowest BCUT2D eigenvalue weighted by molar-refractivity contribution is 0.226. The van der Waals surface area contributed by atoms with E-state index in [-0.39, 0.29) is 0 Å². The normalized spacial score (nSPS) is 10.5. The molecule has 0 amide bonds. The third kappa shape index (κ3) is 4.45. The lowest BCUT2D eigenvalue weighted by Crippen LogP contribution is -2.23. The number of methoxy groups -OCH3 is 1. The smallest absolute Gasteiger partial charge is 0.162 e. The molecule has 2 rings (SSSR count). The zero-order valence-corrected chi connectivity index (χ0v) is 13.8. The Morgan fingerprint density at radius 3 is 2.82 bits per heavy atom. The van der Waals surface area contributed by atoms with Gasteiger partial charge in [0.05, 0.1) is 25.3 Å². The molecule has 0 aliphatic carbocycles. The molecule has 6 heteroatoms. The highest BCUT2D eigenvalue weighted by Crippen LogP contribution is 2.27. The molecule has 1 aromatic carbocycles. The summed E-state index contributed by atoms with van der Waals surface area (Å²) in [5.41, 5.74) is 1.62. The first-order valence-electron chi connectivity index (χ1n) is 6.93. The molecule has 0 fully saturated rings. The number of hydrogen-bond acceptors (Lipinski definition) is 6. The monoisotopic (exact) mass is 317 g/mol. The Kier molecular flexibility index (Phi) is 5.75. The fraction of sp³-hybridized carbons (Fsp3) is 0.375. The summed E-state index contributed by atoms with van der Waals surface area (Å²) in [7, 11) is 3.61. The van der Waals surface area contributed by atoms with E-state index < -0.39 is 0 Å². The third-order valence-corrected chi connectivity index (χ3v) is 4.05. The van der Waals surface area contributed by atoms with Gasteiger partial charge in [0.25, 0.3) is 0 Å². The first-order chi connectivity index (χ1) is 10.6. The van der Waals surface area contributed by atoms with Gasteiger partial charge >= 0.3 is 0 Å². The second kappa shape index (κ2) is 7.78. The summed E-state index contributed by atoms with van der Waals surface area (Å²) in [4.78, 5) is 6.61. The van der Waals surface area contributed by atoms with Gasteiger partial charge in [-0.15, -0.1) is 11.3 Å². The molecule has 5 nitrogen and oxygen atoms in total. The molecule has 0 aliphatic heterocycles. The van der Waals surface area contributed by atoms with E-state index in [9.17, 15) is 0 Å². The number of nitriles is 1. The predicted molar refractivity (Wildman–Crippen MR) is 86.4 cm³/mol. The van der Waals surface area contributed by atoms with Gasteiger partial charge in [-0.25, -0.2) is 4.98 Å². The molecule has 0 saturated heterocycles. The molecule has 0 N–H and O–H groups in total. The van der Waals surface area contributed by atoms with Gasteiger partial charge in [0.2, 0.25) is 0 Å². The number of hydrogen-bond donors (Lipinski definition) is 0. The van der Waals surface area contributed by atoms with Crippen LogP contribution in [0.5, 0.6) is 11.5 Å². The maximum atomic E-state index is 8.88. The molecule has 0 atom stereocenters. The van der Waals surface area contributed by atoms with Crippen LogP contribution in [0.1, 0.15) is 16.3 Å². The fourth-order valence-corrected chi connectivity index (χ4v) is 2.80. The van der Waals surface area contributed by atoms with Crippen molar-refractivity contribution >= 4 is 11.3 Å². The zero-order chi connectivity index (χ0) is 15.9. The molecule has 0 aliphatic rings. The minimum Gasteiger partial charge on any atom is -0.493 e. The maximum Gasteiger partial charge on any atom is 0.162 e. The summed E-state index contributed by atoms with van der Waals surface area (Å²) in [5.74, 6) is 1.23. The number of rotatable bonds is 7. The van der Waals surface area contributed by atoms with Crippen molar-refractivity contribution < 1.29 is 9.47 Å². The Hall–Kier alpha value is -2.10. The second-order valence-corrected chi connectivity index (χ2v) is 5.89. The topological polar surface area (TPSA) is 58.4 Å². The van der Waals surface area contributed by atoms with Gasteiger partial charge in [0.1, 0.15) is 11.6 Å². The lowest BCUT2D eigenvalue weighted by Gasteiger charge is -2.16. The Bertz CT molecular complexity index is 664. The van der Waals surface area contributed by atoms with Crippen molar-refractivity contribution in [1.82, 2.24) is 9.88 Å². The van der Waals surface area contributed by atoms with Crippen molar-refractivity contribution in [3.8, 4) is 17.6 Å². The molecular formula is C16H19N3O2S. The fourth-order valence-electron chi connectivity index (χ4n) is 1.95. The first-order valence-corrected chi connectivity index (χ1v) is 7.81. The number of aromatic nitrogens is 1. The molecular weight excluding hydrogens is 298 g/mol. The van der Waals surface area contributed by atoms with Crippen LogP contribution in [-0.4, -0.2) is 37.2 Å². The zero-order valence-electron chi connectivity index (χ0n) is 13.0. The average Bonchev–Trinajstić information content (AvgIpc) is 2.92. The predicted octanol–water partition coefficient (Wildman–Crippen LogP) is 2.84. The molecule has 1 heterocycles. The number of likely N-dealkylation sites (N-methyl/N-ethyl adjacent to an activating group) is 1. The highest BCUT2D eigenvalue weighted by molar-refractivity contribution is 7.09. The minimum atomic E-state index is 0.545. The van der Waals surface area contributed by atoms with Crippen LogP contribution < -0.4 is 9.47 Å². The van der Waals surface area contributed by atoms with E-state index >= 15 is 0 Å². The van der Waals surface area contributed by atoms with Gasteiger partial charge in [-0.3, -0.25) is 4.90 Å². The summed E-state index contributed by atoms with van der Waals surface area (Å²) >= 11 is 1.67. The van der Waals surface area contributed by atoms with E-state index in [1.807, 2.05) is 14.0 Å². The molecule has 0 spiro atoms. The van der Waals surface area contributed by atoms with Crippen molar-refractivity contribution in [2.75, 3.05) is 27.3 Å². The lowest BCUT2D eigenvalue weighted by atomic mass is 10.2. The largest absolute Gasteiger partial charge is 0.493 e. The number of nitrogens with zero attached hydrogens (tertiary/aromatic N) is 3. The Balaban J connectivity index is 1.84. The van der Waals surface area contributed by atoms with Gasteiger partial charge in [0, 0.05) is 23.7 Å². The third-order valence-electron chi connectivity index (χ3n) is 3.10. The van der Waals surface area contributed by atoms with E-state index in [2.05, 4.69) is 21.3 Å². The first kappa shape index (κ1) is 16.3. The van der Waals surface area contributed by atoms with Crippen LogP contribution in [0.4, 0.5) is 0 Å². The van der Waals surface area contributed by atoms with E-state index in [1.54, 1.807) is 36.6 Å². The number of thiazole rings is 1. The molecule has 0 unspecified atom stereocenters. The van der Waals surface area contributed by atoms with Gasteiger partial charge in [0.15, 0.2) is 11.5 Å². The Labute approximate surface area is 134 Å². The highest BCUT2D eigenvalue weighted by Gasteiger charge is 2.07. The van der Waals surface area contributed by atoms with Gasteiger partial charge in [-0.1, -0.05) is 0 Å². The summed E-state index contributed by atoms with van der Waals surface area (Å²) in [6.07, 6.45) is 0. The van der Waals surface area contributed by atoms with Crippen LogP contribution in [0.3, 0.4) is 0 Å². The van der Waals surface area contributed by atoms with Crippen LogP contribution in [0.2, 0.25) is 0 Å². The number of ether oxygens (including phenoxy) is 2. The molecule has 116 valence electrons. The Morgan fingerprint density at radius 2 is 2.18 bits per heavy atom. The van der Waals surface area contributed by atoms with Gasteiger partial charge < -0.3 is 9.47 Å². The SMILES string of the molecule is COc1cc(C#N)ccc1OCCN(C)Cc1nc(C)cs1. The van der Waals surface area contributed by atoms with Crippen LogP contribution in [0.15, 0.2) is 23.6 Å². The van der Waals surface area contributed by atoms with Crippen molar-refractivity contribution in [2.45, 2.75) is 13.5 Å². The molecule has 22 heavy (non-hydrogen) atoms. The van der Waals surface area contributed by atoms with E-state index in [0.29, 0.717) is 23.7 Å². The molecule has 0 saturated carbocycles. The van der Waals surface area contributed by atoms with Crippen molar-refractivity contribution in [1.29, 1.82) is 5.26 Å². The Morgan fingerprint density at radius 1 is 1.36 bits per heavy atom. The van der Waals surface area contributed by atoms with Crippen molar-refractivity contribution in [3.63, 3.8) is 0 Å². The molecule has 0 bridgehead atoms. The standard InChI is InChI=1S/C16H19N3O2S/c1-12-11-22-16(18-12)10-19(2)6-7-21-14-5-4-13(9-17)8-15(14)20-3/h4-5,8,11H,6-7,10H2,1-3H3. The van der Waals surface area contributed by atoms with Crippen LogP contribution in [-0.2, 0) is 6.54 Å². The maximum absolute atomic E-state index is 8.88. The van der Waals surface area contributed by atoms with E-state index in [4.69, 9.17) is 14.7 Å². The van der Waals surface area contributed by atoms with E-state index in [1.165, 1.54) is 0 Å².